The van der Waals surface area contributed by atoms with Crippen LogP contribution in [0.3, 0.4) is 0 Å². The van der Waals surface area contributed by atoms with Gasteiger partial charge < -0.3 is 14.9 Å². The van der Waals surface area contributed by atoms with Gasteiger partial charge in [-0.25, -0.2) is 4.98 Å². The Balaban J connectivity index is 1.90. The Hall–Kier alpha value is -1.18. The molecule has 1 amide bonds. The lowest BCUT2D eigenvalue weighted by Gasteiger charge is -2.35. The van der Waals surface area contributed by atoms with Gasteiger partial charge in [-0.2, -0.15) is 0 Å². The molecule has 1 unspecified atom stereocenters. The molecule has 1 fully saturated rings. The van der Waals surface area contributed by atoms with E-state index in [1.165, 1.54) is 11.8 Å². The molecule has 2 heterocycles. The van der Waals surface area contributed by atoms with Crippen LogP contribution in [-0.4, -0.2) is 72.2 Å². The highest BCUT2D eigenvalue weighted by Crippen LogP contribution is 2.26. The van der Waals surface area contributed by atoms with Crippen molar-refractivity contribution < 1.29 is 9.90 Å². The van der Waals surface area contributed by atoms with Crippen molar-refractivity contribution in [3.8, 4) is 0 Å². The number of aliphatic hydroxyl groups excluding tert-OH is 1. The number of piperazine rings is 1. The second-order valence-corrected chi connectivity index (χ2v) is 6.74. The quantitative estimate of drug-likeness (QED) is 0.879. The van der Waals surface area contributed by atoms with Crippen molar-refractivity contribution >= 4 is 22.4 Å². The van der Waals surface area contributed by atoms with Gasteiger partial charge in [0.05, 0.1) is 5.69 Å². The lowest BCUT2D eigenvalue weighted by molar-refractivity contribution is -0.141. The summed E-state index contributed by atoms with van der Waals surface area (Å²) < 4.78 is 0. The van der Waals surface area contributed by atoms with Crippen molar-refractivity contribution in [2.24, 2.45) is 0 Å². The van der Waals surface area contributed by atoms with Gasteiger partial charge in [0.15, 0.2) is 5.13 Å². The van der Waals surface area contributed by atoms with Gasteiger partial charge in [0.25, 0.3) is 5.91 Å². The highest BCUT2D eigenvalue weighted by Gasteiger charge is 2.24. The van der Waals surface area contributed by atoms with Crippen LogP contribution in [0, 0.1) is 6.92 Å². The normalized spacial score (nSPS) is 17.9. The van der Waals surface area contributed by atoms with Crippen molar-refractivity contribution in [3.63, 3.8) is 0 Å². The zero-order chi connectivity index (χ0) is 15.6. The Kier molecular flexibility index (Phi) is 5.18. The van der Waals surface area contributed by atoms with Crippen LogP contribution < -0.4 is 4.90 Å². The van der Waals surface area contributed by atoms with Crippen LogP contribution in [0.15, 0.2) is 0 Å². The standard InChI is InChI=1S/C14H24N4O2S/c1-10-12(21-14(15-10)16(3)4)9-17-5-7-18(8-6-17)13(20)11(2)19/h11,19H,5-9H2,1-4H3. The van der Waals surface area contributed by atoms with E-state index < -0.39 is 6.10 Å². The summed E-state index contributed by atoms with van der Waals surface area (Å²) in [6, 6.07) is 0. The summed E-state index contributed by atoms with van der Waals surface area (Å²) in [4.78, 5) is 23.7. The summed E-state index contributed by atoms with van der Waals surface area (Å²) >= 11 is 1.73. The number of hydrogen-bond acceptors (Lipinski definition) is 6. The number of rotatable bonds is 4. The van der Waals surface area contributed by atoms with E-state index in [1.54, 1.807) is 16.2 Å². The summed E-state index contributed by atoms with van der Waals surface area (Å²) in [6.45, 7) is 7.50. The monoisotopic (exact) mass is 312 g/mol. The second-order valence-electron chi connectivity index (χ2n) is 5.68. The first kappa shape index (κ1) is 16.2. The largest absolute Gasteiger partial charge is 0.384 e. The topological polar surface area (TPSA) is 59.9 Å². The zero-order valence-electron chi connectivity index (χ0n) is 13.2. The maximum atomic E-state index is 11.7. The number of carbonyl (C=O) groups excluding carboxylic acids is 1. The molecule has 0 radical (unpaired) electrons. The van der Waals surface area contributed by atoms with E-state index in [4.69, 9.17) is 0 Å². The van der Waals surface area contributed by atoms with Gasteiger partial charge in [0.1, 0.15) is 6.10 Å². The van der Waals surface area contributed by atoms with E-state index in [-0.39, 0.29) is 5.91 Å². The van der Waals surface area contributed by atoms with E-state index >= 15 is 0 Å². The van der Waals surface area contributed by atoms with Crippen molar-refractivity contribution in [1.82, 2.24) is 14.8 Å². The van der Waals surface area contributed by atoms with Crippen molar-refractivity contribution in [2.45, 2.75) is 26.5 Å². The minimum Gasteiger partial charge on any atom is -0.384 e. The molecule has 6 nitrogen and oxygen atoms in total. The zero-order valence-corrected chi connectivity index (χ0v) is 14.0. The van der Waals surface area contributed by atoms with E-state index in [2.05, 4.69) is 9.88 Å². The molecule has 1 aromatic heterocycles. The highest BCUT2D eigenvalue weighted by atomic mass is 32.1. The lowest BCUT2D eigenvalue weighted by Crippen LogP contribution is -2.50. The van der Waals surface area contributed by atoms with Crippen LogP contribution >= 0.6 is 11.3 Å². The molecule has 2 rings (SSSR count). The number of thiazole rings is 1. The molecule has 1 saturated heterocycles. The predicted molar refractivity (Wildman–Crippen MR) is 84.7 cm³/mol. The van der Waals surface area contributed by atoms with Crippen molar-refractivity contribution in [1.29, 1.82) is 0 Å². The molecule has 7 heteroatoms. The van der Waals surface area contributed by atoms with Gasteiger partial charge in [-0.05, 0) is 13.8 Å². The molecule has 0 aliphatic carbocycles. The van der Waals surface area contributed by atoms with E-state index in [0.717, 1.165) is 30.5 Å². The summed E-state index contributed by atoms with van der Waals surface area (Å²) in [5.41, 5.74) is 1.09. The fraction of sp³-hybridized carbons (Fsp3) is 0.714. The van der Waals surface area contributed by atoms with Crippen LogP contribution in [0.4, 0.5) is 5.13 Å². The van der Waals surface area contributed by atoms with Gasteiger partial charge in [-0.1, -0.05) is 0 Å². The molecule has 1 atom stereocenters. The third-order valence-corrected chi connectivity index (χ3v) is 4.98. The highest BCUT2D eigenvalue weighted by molar-refractivity contribution is 7.15. The number of carbonyl (C=O) groups is 1. The Morgan fingerprint density at radius 1 is 1.38 bits per heavy atom. The minimum atomic E-state index is -0.900. The van der Waals surface area contributed by atoms with Gasteiger partial charge in [-0.15, -0.1) is 11.3 Å². The molecule has 1 aliphatic heterocycles. The number of nitrogens with zero attached hydrogens (tertiary/aromatic N) is 4. The van der Waals surface area contributed by atoms with Crippen LogP contribution in [0.25, 0.3) is 0 Å². The predicted octanol–water partition coefficient (Wildman–Crippen LogP) is 0.543. The van der Waals surface area contributed by atoms with Gasteiger partial charge in [-0.3, -0.25) is 9.69 Å². The van der Waals surface area contributed by atoms with Crippen molar-refractivity contribution in [2.75, 3.05) is 45.2 Å². The second kappa shape index (κ2) is 6.72. The summed E-state index contributed by atoms with van der Waals surface area (Å²) in [5, 5.41) is 10.4. The van der Waals surface area contributed by atoms with E-state index in [1.807, 2.05) is 25.9 Å². The van der Waals surface area contributed by atoms with Crippen LogP contribution in [-0.2, 0) is 11.3 Å². The number of amides is 1. The SMILES string of the molecule is Cc1nc(N(C)C)sc1CN1CCN(C(=O)C(C)O)CC1. The Labute approximate surface area is 130 Å². The molecular formula is C14H24N4O2S. The first-order valence-electron chi connectivity index (χ1n) is 7.21. The number of aromatic nitrogens is 1. The molecule has 1 aliphatic rings. The number of anilines is 1. The molecule has 0 spiro atoms. The van der Waals surface area contributed by atoms with Gasteiger partial charge >= 0.3 is 0 Å². The number of hydrogen-bond donors (Lipinski definition) is 1. The Morgan fingerprint density at radius 2 is 2.00 bits per heavy atom. The fourth-order valence-electron chi connectivity index (χ4n) is 2.34. The average molecular weight is 312 g/mol. The summed E-state index contributed by atoms with van der Waals surface area (Å²) in [6.07, 6.45) is -0.900. The maximum absolute atomic E-state index is 11.7. The van der Waals surface area contributed by atoms with Gasteiger partial charge in [0, 0.05) is 51.7 Å². The number of aryl methyl sites for hydroxylation is 1. The molecular weight excluding hydrogens is 288 g/mol. The first-order chi connectivity index (χ1) is 9.88. The smallest absolute Gasteiger partial charge is 0.251 e. The molecule has 118 valence electrons. The molecule has 0 aromatic carbocycles. The Bertz CT molecular complexity index is 493. The third-order valence-electron chi connectivity index (χ3n) is 3.67. The molecule has 1 N–H and O–H groups in total. The van der Waals surface area contributed by atoms with Crippen LogP contribution in [0.5, 0.6) is 0 Å². The lowest BCUT2D eigenvalue weighted by atomic mass is 10.2. The number of aliphatic hydroxyl groups is 1. The summed E-state index contributed by atoms with van der Waals surface area (Å²) in [7, 11) is 4.00. The minimum absolute atomic E-state index is 0.168. The molecule has 21 heavy (non-hydrogen) atoms. The van der Waals surface area contributed by atoms with E-state index in [9.17, 15) is 9.90 Å². The Morgan fingerprint density at radius 3 is 2.48 bits per heavy atom. The van der Waals surface area contributed by atoms with Gasteiger partial charge in [0.2, 0.25) is 0 Å². The van der Waals surface area contributed by atoms with Crippen molar-refractivity contribution in [3.05, 3.63) is 10.6 Å². The van der Waals surface area contributed by atoms with Crippen LogP contribution in [0.1, 0.15) is 17.5 Å². The molecule has 1 aromatic rings. The first-order valence-corrected chi connectivity index (χ1v) is 8.03. The average Bonchev–Trinajstić information content (AvgIpc) is 2.80. The summed E-state index contributed by atoms with van der Waals surface area (Å²) in [5.74, 6) is -0.168. The third kappa shape index (κ3) is 3.93. The van der Waals surface area contributed by atoms with E-state index in [0.29, 0.717) is 13.1 Å². The molecule has 0 bridgehead atoms. The fourth-order valence-corrected chi connectivity index (χ4v) is 3.37. The molecule has 0 saturated carbocycles. The maximum Gasteiger partial charge on any atom is 0.251 e. The van der Waals surface area contributed by atoms with Crippen LogP contribution in [0.2, 0.25) is 0 Å².